The molecule has 0 aromatic carbocycles. The molecule has 0 radical (unpaired) electrons. The summed E-state index contributed by atoms with van der Waals surface area (Å²) in [6, 6.07) is 0. The molecule has 3 fully saturated rings. The van der Waals surface area contributed by atoms with E-state index in [9.17, 15) is 4.79 Å². The summed E-state index contributed by atoms with van der Waals surface area (Å²) < 4.78 is 16.7. The van der Waals surface area contributed by atoms with Crippen molar-refractivity contribution < 1.29 is 19.0 Å². The molecule has 2 unspecified atom stereocenters. The largest absolute Gasteiger partial charge is 0.383 e. The number of hydrogen-bond acceptors (Lipinski definition) is 5. The van der Waals surface area contributed by atoms with Crippen molar-refractivity contribution in [2.45, 2.75) is 31.8 Å². The topological polar surface area (TPSA) is 51.2 Å². The van der Waals surface area contributed by atoms with Gasteiger partial charge < -0.3 is 19.1 Å². The normalized spacial score (nSPS) is 33.1. The zero-order valence-corrected chi connectivity index (χ0v) is 14.3. The van der Waals surface area contributed by atoms with Crippen LogP contribution in [0.1, 0.15) is 25.7 Å². The molecule has 23 heavy (non-hydrogen) atoms. The number of amides is 1. The summed E-state index contributed by atoms with van der Waals surface area (Å²) in [5.41, 5.74) is 0.0662. The van der Waals surface area contributed by atoms with Crippen LogP contribution in [0.25, 0.3) is 0 Å². The summed E-state index contributed by atoms with van der Waals surface area (Å²) in [5.74, 6) is 0.189. The van der Waals surface area contributed by atoms with Crippen LogP contribution in [0.2, 0.25) is 0 Å². The van der Waals surface area contributed by atoms with Gasteiger partial charge in [-0.15, -0.1) is 0 Å². The smallest absolute Gasteiger partial charge is 0.251 e. The summed E-state index contributed by atoms with van der Waals surface area (Å²) in [6.07, 6.45) is 3.86. The van der Waals surface area contributed by atoms with E-state index >= 15 is 0 Å². The number of hydrogen-bond donors (Lipinski definition) is 0. The highest BCUT2D eigenvalue weighted by atomic mass is 16.5. The maximum atomic E-state index is 12.7. The van der Waals surface area contributed by atoms with Crippen LogP contribution in [0.15, 0.2) is 0 Å². The minimum Gasteiger partial charge on any atom is -0.383 e. The highest BCUT2D eigenvalue weighted by Crippen LogP contribution is 2.33. The Morgan fingerprint density at radius 2 is 2.17 bits per heavy atom. The number of likely N-dealkylation sites (tertiary alicyclic amines) is 1. The zero-order chi connectivity index (χ0) is 16.1. The van der Waals surface area contributed by atoms with Gasteiger partial charge in [0, 0.05) is 51.9 Å². The molecule has 3 aliphatic rings. The predicted molar refractivity (Wildman–Crippen MR) is 86.4 cm³/mol. The molecular weight excluding hydrogens is 296 g/mol. The molecule has 0 aromatic rings. The van der Waals surface area contributed by atoms with Gasteiger partial charge >= 0.3 is 0 Å². The Kier molecular flexibility index (Phi) is 5.91. The minimum atomic E-state index is -0.207. The van der Waals surface area contributed by atoms with E-state index in [1.54, 1.807) is 7.11 Å². The maximum Gasteiger partial charge on any atom is 0.251 e. The standard InChI is InChI=1S/C17H30N2O4/c1-21-10-7-18-8-11-22-14-17(12-18)5-3-6-19(13-17)16(20)15-4-2-9-23-15/h15H,2-14H2,1H3. The molecule has 2 atom stereocenters. The first-order chi connectivity index (χ1) is 11.2. The Morgan fingerprint density at radius 3 is 2.96 bits per heavy atom. The number of nitrogens with zero attached hydrogens (tertiary/aromatic N) is 2. The summed E-state index contributed by atoms with van der Waals surface area (Å²) in [7, 11) is 1.74. The number of piperidine rings is 1. The first kappa shape index (κ1) is 17.1. The monoisotopic (exact) mass is 326 g/mol. The van der Waals surface area contributed by atoms with Crippen molar-refractivity contribution >= 4 is 5.91 Å². The van der Waals surface area contributed by atoms with Crippen molar-refractivity contribution in [2.75, 3.05) is 66.3 Å². The van der Waals surface area contributed by atoms with Crippen LogP contribution in [-0.4, -0.2) is 88.1 Å². The van der Waals surface area contributed by atoms with Crippen LogP contribution in [0.4, 0.5) is 0 Å². The molecule has 0 saturated carbocycles. The van der Waals surface area contributed by atoms with Crippen molar-refractivity contribution in [3.05, 3.63) is 0 Å². The van der Waals surface area contributed by atoms with Crippen molar-refractivity contribution in [1.29, 1.82) is 0 Å². The molecule has 6 nitrogen and oxygen atoms in total. The molecule has 0 bridgehead atoms. The molecule has 6 heteroatoms. The fourth-order valence-electron chi connectivity index (χ4n) is 4.11. The summed E-state index contributed by atoms with van der Waals surface area (Å²) in [5, 5.41) is 0. The molecule has 3 heterocycles. The van der Waals surface area contributed by atoms with E-state index in [1.165, 1.54) is 0 Å². The second kappa shape index (κ2) is 7.92. The average Bonchev–Trinajstić information content (AvgIpc) is 3.03. The second-order valence-corrected chi connectivity index (χ2v) is 7.19. The lowest BCUT2D eigenvalue weighted by atomic mass is 9.80. The van der Waals surface area contributed by atoms with E-state index < -0.39 is 0 Å². The number of carbonyl (C=O) groups is 1. The summed E-state index contributed by atoms with van der Waals surface area (Å²) in [4.78, 5) is 17.1. The van der Waals surface area contributed by atoms with E-state index in [0.717, 1.165) is 84.8 Å². The van der Waals surface area contributed by atoms with Crippen LogP contribution >= 0.6 is 0 Å². The van der Waals surface area contributed by atoms with Gasteiger partial charge in [-0.2, -0.15) is 0 Å². The Hall–Kier alpha value is -0.690. The van der Waals surface area contributed by atoms with Crippen LogP contribution in [0.5, 0.6) is 0 Å². The average molecular weight is 326 g/mol. The molecule has 3 rings (SSSR count). The number of methoxy groups -OCH3 is 1. The SMILES string of the molecule is COCCN1CCOCC2(CCCN(C(=O)C3CCCO3)C2)C1. The van der Waals surface area contributed by atoms with Gasteiger partial charge in [-0.05, 0) is 25.7 Å². The van der Waals surface area contributed by atoms with Gasteiger partial charge in [0.05, 0.1) is 19.8 Å². The van der Waals surface area contributed by atoms with E-state index in [0.29, 0.717) is 0 Å². The predicted octanol–water partition coefficient (Wildman–Crippen LogP) is 0.753. The van der Waals surface area contributed by atoms with Crippen molar-refractivity contribution in [3.8, 4) is 0 Å². The first-order valence-corrected chi connectivity index (χ1v) is 8.92. The van der Waals surface area contributed by atoms with Gasteiger partial charge in [-0.1, -0.05) is 0 Å². The van der Waals surface area contributed by atoms with Gasteiger partial charge in [-0.25, -0.2) is 0 Å². The Bertz CT molecular complexity index is 400. The molecule has 3 saturated heterocycles. The van der Waals surface area contributed by atoms with Gasteiger partial charge in [0.25, 0.3) is 5.91 Å². The highest BCUT2D eigenvalue weighted by Gasteiger charge is 2.41. The minimum absolute atomic E-state index is 0.0662. The van der Waals surface area contributed by atoms with Crippen molar-refractivity contribution in [2.24, 2.45) is 5.41 Å². The number of carbonyl (C=O) groups excluding carboxylic acids is 1. The van der Waals surface area contributed by atoms with Crippen molar-refractivity contribution in [1.82, 2.24) is 9.80 Å². The third-order valence-electron chi connectivity index (χ3n) is 5.31. The zero-order valence-electron chi connectivity index (χ0n) is 14.3. The maximum absolute atomic E-state index is 12.7. The van der Waals surface area contributed by atoms with Crippen molar-refractivity contribution in [3.63, 3.8) is 0 Å². The fraction of sp³-hybridized carbons (Fsp3) is 0.941. The lowest BCUT2D eigenvalue weighted by Gasteiger charge is -2.44. The number of ether oxygens (including phenoxy) is 3. The summed E-state index contributed by atoms with van der Waals surface area (Å²) in [6.45, 7) is 7.53. The van der Waals surface area contributed by atoms with Gasteiger partial charge in [-0.3, -0.25) is 9.69 Å². The highest BCUT2D eigenvalue weighted by molar-refractivity contribution is 5.81. The van der Waals surface area contributed by atoms with E-state index in [2.05, 4.69) is 4.90 Å². The number of rotatable bonds is 4. The van der Waals surface area contributed by atoms with E-state index in [-0.39, 0.29) is 17.4 Å². The van der Waals surface area contributed by atoms with Gasteiger partial charge in [0.15, 0.2) is 0 Å². The third-order valence-corrected chi connectivity index (χ3v) is 5.31. The Morgan fingerprint density at radius 1 is 1.26 bits per heavy atom. The fourth-order valence-corrected chi connectivity index (χ4v) is 4.11. The van der Waals surface area contributed by atoms with Crippen LogP contribution in [-0.2, 0) is 19.0 Å². The molecule has 0 aromatic heterocycles. The molecular formula is C17H30N2O4. The first-order valence-electron chi connectivity index (χ1n) is 8.92. The molecule has 0 aliphatic carbocycles. The Labute approximate surface area is 139 Å². The van der Waals surface area contributed by atoms with Crippen LogP contribution < -0.4 is 0 Å². The second-order valence-electron chi connectivity index (χ2n) is 7.19. The van der Waals surface area contributed by atoms with E-state index in [1.807, 2.05) is 4.90 Å². The van der Waals surface area contributed by atoms with Crippen LogP contribution in [0.3, 0.4) is 0 Å². The Balaban J connectivity index is 1.63. The van der Waals surface area contributed by atoms with E-state index in [4.69, 9.17) is 14.2 Å². The van der Waals surface area contributed by atoms with Gasteiger partial charge in [0.2, 0.25) is 0 Å². The molecule has 3 aliphatic heterocycles. The third kappa shape index (κ3) is 4.24. The summed E-state index contributed by atoms with van der Waals surface area (Å²) >= 11 is 0. The molecule has 132 valence electrons. The quantitative estimate of drug-likeness (QED) is 0.763. The molecule has 1 spiro atoms. The van der Waals surface area contributed by atoms with Crippen LogP contribution in [0, 0.1) is 5.41 Å². The molecule has 1 amide bonds. The lowest BCUT2D eigenvalue weighted by molar-refractivity contribution is -0.145. The lowest BCUT2D eigenvalue weighted by Crippen LogP contribution is -2.54. The van der Waals surface area contributed by atoms with Gasteiger partial charge in [0.1, 0.15) is 6.10 Å². The molecule has 0 N–H and O–H groups in total.